The van der Waals surface area contributed by atoms with Crippen LogP contribution in [0.25, 0.3) is 17.1 Å². The molecule has 0 bridgehead atoms. The summed E-state index contributed by atoms with van der Waals surface area (Å²) in [5.74, 6) is 1.72. The standard InChI is InChI=1S/C26H25N5O3S/c1-18-9-7-8-10-20(18)16-27-28-24(32)17-35-26-30-29-25(31(26)21-11-5-4-6-12-21)19-13-14-22(33-2)23(15-19)34-3/h4-16H,17H2,1-3H3,(H,28,32). The summed E-state index contributed by atoms with van der Waals surface area (Å²) in [7, 11) is 3.18. The van der Waals surface area contributed by atoms with Crippen LogP contribution in [0.4, 0.5) is 0 Å². The predicted octanol–water partition coefficient (Wildman–Crippen LogP) is 4.50. The molecule has 4 aromatic rings. The van der Waals surface area contributed by atoms with Gasteiger partial charge in [0, 0.05) is 11.3 Å². The molecule has 8 nitrogen and oxygen atoms in total. The number of nitrogens with one attached hydrogen (secondary N) is 1. The van der Waals surface area contributed by atoms with Gasteiger partial charge in [-0.05, 0) is 48.4 Å². The SMILES string of the molecule is COc1ccc(-c2nnc(SCC(=O)NN=Cc3ccccc3C)n2-c2ccccc2)cc1OC. The van der Waals surface area contributed by atoms with E-state index in [9.17, 15) is 4.79 Å². The molecule has 1 amide bonds. The van der Waals surface area contributed by atoms with Gasteiger partial charge in [-0.3, -0.25) is 9.36 Å². The average molecular weight is 488 g/mol. The van der Waals surface area contributed by atoms with Crippen molar-refractivity contribution in [1.29, 1.82) is 0 Å². The van der Waals surface area contributed by atoms with Crippen LogP contribution in [-0.4, -0.2) is 46.9 Å². The van der Waals surface area contributed by atoms with Crippen molar-refractivity contribution in [3.63, 3.8) is 0 Å². The van der Waals surface area contributed by atoms with Gasteiger partial charge in [-0.2, -0.15) is 5.10 Å². The topological polar surface area (TPSA) is 90.6 Å². The number of amides is 1. The molecule has 0 atom stereocenters. The van der Waals surface area contributed by atoms with Crippen molar-refractivity contribution in [3.8, 4) is 28.6 Å². The van der Waals surface area contributed by atoms with Gasteiger partial charge in [-0.25, -0.2) is 5.43 Å². The minimum absolute atomic E-state index is 0.127. The van der Waals surface area contributed by atoms with Crippen LogP contribution in [0, 0.1) is 6.92 Å². The van der Waals surface area contributed by atoms with E-state index in [1.165, 1.54) is 11.8 Å². The molecule has 3 aromatic carbocycles. The molecular weight excluding hydrogens is 462 g/mol. The summed E-state index contributed by atoms with van der Waals surface area (Å²) in [6.07, 6.45) is 1.64. The zero-order valence-corrected chi connectivity index (χ0v) is 20.5. The third kappa shape index (κ3) is 5.70. The maximum Gasteiger partial charge on any atom is 0.250 e. The Morgan fingerprint density at radius 2 is 1.74 bits per heavy atom. The molecule has 9 heteroatoms. The highest BCUT2D eigenvalue weighted by Crippen LogP contribution is 2.34. The third-order valence-electron chi connectivity index (χ3n) is 5.20. The number of aryl methyl sites for hydroxylation is 1. The maximum atomic E-state index is 12.4. The molecule has 0 saturated carbocycles. The highest BCUT2D eigenvalue weighted by atomic mass is 32.2. The van der Waals surface area contributed by atoms with Crippen molar-refractivity contribution >= 4 is 23.9 Å². The van der Waals surface area contributed by atoms with Gasteiger partial charge in [-0.1, -0.05) is 54.2 Å². The van der Waals surface area contributed by atoms with Crippen molar-refractivity contribution < 1.29 is 14.3 Å². The number of aromatic nitrogens is 3. The van der Waals surface area contributed by atoms with E-state index in [4.69, 9.17) is 9.47 Å². The zero-order chi connectivity index (χ0) is 24.6. The van der Waals surface area contributed by atoms with Crippen molar-refractivity contribution in [2.75, 3.05) is 20.0 Å². The van der Waals surface area contributed by atoms with Gasteiger partial charge in [0.25, 0.3) is 5.91 Å². The monoisotopic (exact) mass is 487 g/mol. The third-order valence-corrected chi connectivity index (χ3v) is 6.13. The second-order valence-electron chi connectivity index (χ2n) is 7.49. The Balaban J connectivity index is 1.55. The summed E-state index contributed by atoms with van der Waals surface area (Å²) < 4.78 is 12.7. The highest BCUT2D eigenvalue weighted by molar-refractivity contribution is 7.99. The van der Waals surface area contributed by atoms with Crippen LogP contribution in [0.2, 0.25) is 0 Å². The number of hydrogen-bond acceptors (Lipinski definition) is 7. The number of hydrogen-bond donors (Lipinski definition) is 1. The van der Waals surface area contributed by atoms with Crippen LogP contribution in [0.15, 0.2) is 83.1 Å². The molecule has 0 aliphatic carbocycles. The van der Waals surface area contributed by atoms with E-state index in [1.807, 2.05) is 84.3 Å². The van der Waals surface area contributed by atoms with Crippen LogP contribution in [-0.2, 0) is 4.79 Å². The number of rotatable bonds is 9. The molecule has 0 unspecified atom stereocenters. The largest absolute Gasteiger partial charge is 0.493 e. The first-order valence-electron chi connectivity index (χ1n) is 10.8. The normalized spacial score (nSPS) is 10.9. The zero-order valence-electron chi connectivity index (χ0n) is 19.6. The molecule has 0 fully saturated rings. The predicted molar refractivity (Wildman–Crippen MR) is 138 cm³/mol. The smallest absolute Gasteiger partial charge is 0.250 e. The molecule has 0 spiro atoms. The fourth-order valence-corrected chi connectivity index (χ4v) is 4.15. The Hall–Kier alpha value is -4.11. The lowest BCUT2D eigenvalue weighted by atomic mass is 10.1. The summed E-state index contributed by atoms with van der Waals surface area (Å²) in [6, 6.07) is 23.1. The number of methoxy groups -OCH3 is 2. The van der Waals surface area contributed by atoms with E-state index in [-0.39, 0.29) is 11.7 Å². The first-order valence-corrected chi connectivity index (χ1v) is 11.8. The summed E-state index contributed by atoms with van der Waals surface area (Å²) in [5.41, 5.74) is 6.29. The second kappa shape index (κ2) is 11.3. The van der Waals surface area contributed by atoms with Crippen molar-refractivity contribution in [1.82, 2.24) is 20.2 Å². The average Bonchev–Trinajstić information content (AvgIpc) is 3.32. The van der Waals surface area contributed by atoms with Gasteiger partial charge in [0.2, 0.25) is 0 Å². The van der Waals surface area contributed by atoms with Crippen LogP contribution in [0.5, 0.6) is 11.5 Å². The molecule has 0 radical (unpaired) electrons. The lowest BCUT2D eigenvalue weighted by molar-refractivity contribution is -0.118. The van der Waals surface area contributed by atoms with Gasteiger partial charge < -0.3 is 9.47 Å². The van der Waals surface area contributed by atoms with Crippen LogP contribution in [0.3, 0.4) is 0 Å². The van der Waals surface area contributed by atoms with E-state index in [0.717, 1.165) is 22.4 Å². The molecular formula is C26H25N5O3S. The molecule has 0 aliphatic heterocycles. The summed E-state index contributed by atoms with van der Waals surface area (Å²) >= 11 is 1.28. The minimum Gasteiger partial charge on any atom is -0.493 e. The Labute approximate surface area is 208 Å². The van der Waals surface area contributed by atoms with Gasteiger partial charge >= 0.3 is 0 Å². The van der Waals surface area contributed by atoms with Crippen molar-refractivity contribution in [2.24, 2.45) is 5.10 Å². The first kappa shape index (κ1) is 24.0. The fourth-order valence-electron chi connectivity index (χ4n) is 3.40. The lowest BCUT2D eigenvalue weighted by Gasteiger charge is -2.12. The number of para-hydroxylation sites is 1. The second-order valence-corrected chi connectivity index (χ2v) is 8.43. The molecule has 1 aromatic heterocycles. The Morgan fingerprint density at radius 1 is 1.00 bits per heavy atom. The lowest BCUT2D eigenvalue weighted by Crippen LogP contribution is -2.20. The molecule has 1 N–H and O–H groups in total. The van der Waals surface area contributed by atoms with Gasteiger partial charge in [0.15, 0.2) is 22.5 Å². The van der Waals surface area contributed by atoms with E-state index in [0.29, 0.717) is 22.5 Å². The number of hydrazone groups is 1. The summed E-state index contributed by atoms with van der Waals surface area (Å²) in [5, 5.41) is 13.4. The summed E-state index contributed by atoms with van der Waals surface area (Å²) in [6.45, 7) is 1.99. The van der Waals surface area contributed by atoms with Crippen molar-refractivity contribution in [3.05, 3.63) is 83.9 Å². The molecule has 178 valence electrons. The number of benzene rings is 3. The van der Waals surface area contributed by atoms with E-state index in [2.05, 4.69) is 20.7 Å². The molecule has 1 heterocycles. The van der Waals surface area contributed by atoms with Crippen molar-refractivity contribution in [2.45, 2.75) is 12.1 Å². The van der Waals surface area contributed by atoms with Crippen LogP contribution in [0.1, 0.15) is 11.1 Å². The molecule has 35 heavy (non-hydrogen) atoms. The number of carbonyl (C=O) groups excluding carboxylic acids is 1. The van der Waals surface area contributed by atoms with E-state index < -0.39 is 0 Å². The number of carbonyl (C=O) groups is 1. The Bertz CT molecular complexity index is 1340. The first-order chi connectivity index (χ1) is 17.1. The summed E-state index contributed by atoms with van der Waals surface area (Å²) in [4.78, 5) is 12.4. The van der Waals surface area contributed by atoms with Crippen LogP contribution >= 0.6 is 11.8 Å². The Kier molecular flexibility index (Phi) is 7.79. The quantitative estimate of drug-likeness (QED) is 0.212. The van der Waals surface area contributed by atoms with E-state index >= 15 is 0 Å². The number of ether oxygens (including phenoxy) is 2. The van der Waals surface area contributed by atoms with Gasteiger partial charge in [0.1, 0.15) is 0 Å². The van der Waals surface area contributed by atoms with Gasteiger partial charge in [-0.15, -0.1) is 10.2 Å². The van der Waals surface area contributed by atoms with Gasteiger partial charge in [0.05, 0.1) is 26.2 Å². The maximum absolute atomic E-state index is 12.4. The Morgan fingerprint density at radius 3 is 2.49 bits per heavy atom. The number of thioether (sulfide) groups is 1. The molecule has 0 aliphatic rings. The van der Waals surface area contributed by atoms with E-state index in [1.54, 1.807) is 20.4 Å². The van der Waals surface area contributed by atoms with Crippen LogP contribution < -0.4 is 14.9 Å². The number of nitrogens with zero attached hydrogens (tertiary/aromatic N) is 4. The fraction of sp³-hybridized carbons (Fsp3) is 0.154. The molecule has 4 rings (SSSR count). The minimum atomic E-state index is -0.241. The highest BCUT2D eigenvalue weighted by Gasteiger charge is 2.18. The molecule has 0 saturated heterocycles.